The number of hydrogen-bond donors (Lipinski definition) is 2. The fourth-order valence-electron chi connectivity index (χ4n) is 1.85. The number of nitrogens with one attached hydrogen (secondary N) is 2. The van der Waals surface area contributed by atoms with E-state index < -0.39 is 10.0 Å². The maximum atomic E-state index is 11.8. The third-order valence-electron chi connectivity index (χ3n) is 2.98. The second kappa shape index (κ2) is 6.02. The molecule has 1 aromatic heterocycles. The van der Waals surface area contributed by atoms with Crippen LogP contribution < -0.4 is 10.0 Å². The highest BCUT2D eigenvalue weighted by molar-refractivity contribution is 7.89. The van der Waals surface area contributed by atoms with Crippen molar-refractivity contribution < 1.29 is 8.42 Å². The maximum Gasteiger partial charge on any atom is 0.240 e. The Morgan fingerprint density at radius 3 is 2.65 bits per heavy atom. The number of nitrogens with zero attached hydrogens (tertiary/aromatic N) is 1. The Morgan fingerprint density at radius 1 is 1.20 bits per heavy atom. The van der Waals surface area contributed by atoms with Gasteiger partial charge in [0.25, 0.3) is 0 Å². The number of anilines is 1. The molecule has 2 rings (SSSR count). The van der Waals surface area contributed by atoms with E-state index >= 15 is 0 Å². The van der Waals surface area contributed by atoms with Crippen molar-refractivity contribution in [2.24, 2.45) is 0 Å². The van der Waals surface area contributed by atoms with Gasteiger partial charge in [-0.05, 0) is 43.8 Å². The lowest BCUT2D eigenvalue weighted by molar-refractivity contribution is 0.588. The quantitative estimate of drug-likeness (QED) is 0.885. The van der Waals surface area contributed by atoms with Crippen LogP contribution in [0, 0.1) is 0 Å². The van der Waals surface area contributed by atoms with Crippen LogP contribution in [0.3, 0.4) is 0 Å². The van der Waals surface area contributed by atoms with Crippen molar-refractivity contribution >= 4 is 15.7 Å². The van der Waals surface area contributed by atoms with E-state index in [4.69, 9.17) is 0 Å². The number of aromatic nitrogens is 1. The van der Waals surface area contributed by atoms with Gasteiger partial charge >= 0.3 is 0 Å². The third-order valence-corrected chi connectivity index (χ3v) is 4.39. The average molecular weight is 291 g/mol. The molecule has 0 bridgehead atoms. The van der Waals surface area contributed by atoms with Gasteiger partial charge in [-0.25, -0.2) is 13.1 Å². The van der Waals surface area contributed by atoms with Gasteiger partial charge in [-0.15, -0.1) is 0 Å². The molecule has 1 aromatic carbocycles. The van der Waals surface area contributed by atoms with Crippen LogP contribution >= 0.6 is 0 Å². The van der Waals surface area contributed by atoms with Crippen LogP contribution in [-0.2, 0) is 10.0 Å². The SMILES string of the molecule is CNS(=O)(=O)c1cccc([C@H](C)Nc2cccnc2)c1. The molecule has 1 atom stereocenters. The molecule has 0 aliphatic heterocycles. The minimum atomic E-state index is -3.42. The van der Waals surface area contributed by atoms with Crippen LogP contribution in [-0.4, -0.2) is 20.4 Å². The van der Waals surface area contributed by atoms with E-state index in [2.05, 4.69) is 15.0 Å². The van der Waals surface area contributed by atoms with Gasteiger partial charge in [0.05, 0.1) is 10.6 Å². The zero-order valence-corrected chi connectivity index (χ0v) is 12.2. The smallest absolute Gasteiger partial charge is 0.240 e. The Labute approximate surface area is 119 Å². The van der Waals surface area contributed by atoms with Gasteiger partial charge in [0, 0.05) is 18.4 Å². The lowest BCUT2D eigenvalue weighted by Gasteiger charge is -2.16. The number of pyridine rings is 1. The van der Waals surface area contributed by atoms with Crippen LogP contribution in [0.1, 0.15) is 18.5 Å². The number of sulfonamides is 1. The largest absolute Gasteiger partial charge is 0.377 e. The molecule has 0 saturated carbocycles. The van der Waals surface area contributed by atoms with Gasteiger partial charge in [0.2, 0.25) is 10.0 Å². The Kier molecular flexibility index (Phi) is 4.36. The molecule has 1 heterocycles. The summed E-state index contributed by atoms with van der Waals surface area (Å²) < 4.78 is 25.9. The lowest BCUT2D eigenvalue weighted by atomic mass is 10.1. The standard InChI is InChI=1S/C14H17N3O2S/c1-11(17-13-6-4-8-16-10-13)12-5-3-7-14(9-12)20(18,19)15-2/h3-11,15,17H,1-2H3/t11-/m0/s1. The molecule has 0 aliphatic rings. The van der Waals surface area contributed by atoms with Crippen molar-refractivity contribution in [3.8, 4) is 0 Å². The van der Waals surface area contributed by atoms with Crippen molar-refractivity contribution in [2.75, 3.05) is 12.4 Å². The first-order valence-corrected chi connectivity index (χ1v) is 7.71. The molecule has 0 fully saturated rings. The Hall–Kier alpha value is -1.92. The molecule has 0 radical (unpaired) electrons. The van der Waals surface area contributed by atoms with E-state index in [9.17, 15) is 8.42 Å². The topological polar surface area (TPSA) is 71.1 Å². The molecule has 2 N–H and O–H groups in total. The Morgan fingerprint density at radius 2 is 2.00 bits per heavy atom. The highest BCUT2D eigenvalue weighted by atomic mass is 32.2. The summed E-state index contributed by atoms with van der Waals surface area (Å²) in [6.07, 6.45) is 3.43. The monoisotopic (exact) mass is 291 g/mol. The summed E-state index contributed by atoms with van der Waals surface area (Å²) in [6, 6.07) is 10.6. The van der Waals surface area contributed by atoms with Gasteiger partial charge in [-0.3, -0.25) is 4.98 Å². The molecule has 0 aliphatic carbocycles. The molecule has 6 heteroatoms. The highest BCUT2D eigenvalue weighted by Crippen LogP contribution is 2.21. The first kappa shape index (κ1) is 14.5. The van der Waals surface area contributed by atoms with Gasteiger partial charge < -0.3 is 5.32 Å². The molecular weight excluding hydrogens is 274 g/mol. The molecular formula is C14H17N3O2S. The predicted molar refractivity (Wildman–Crippen MR) is 79.0 cm³/mol. The summed E-state index contributed by atoms with van der Waals surface area (Å²) in [4.78, 5) is 4.29. The summed E-state index contributed by atoms with van der Waals surface area (Å²) >= 11 is 0. The first-order chi connectivity index (χ1) is 9.53. The number of hydrogen-bond acceptors (Lipinski definition) is 4. The van der Waals surface area contributed by atoms with E-state index in [1.807, 2.05) is 25.1 Å². The second-order valence-electron chi connectivity index (χ2n) is 4.39. The van der Waals surface area contributed by atoms with Crippen LogP contribution in [0.5, 0.6) is 0 Å². The second-order valence-corrected chi connectivity index (χ2v) is 6.27. The van der Waals surface area contributed by atoms with Gasteiger partial charge in [-0.1, -0.05) is 12.1 Å². The molecule has 0 amide bonds. The highest BCUT2D eigenvalue weighted by Gasteiger charge is 2.13. The fourth-order valence-corrected chi connectivity index (χ4v) is 2.64. The Bertz CT molecular complexity index is 672. The van der Waals surface area contributed by atoms with Crippen molar-refractivity contribution in [3.05, 3.63) is 54.4 Å². The number of rotatable bonds is 5. The van der Waals surface area contributed by atoms with Crippen molar-refractivity contribution in [2.45, 2.75) is 17.9 Å². The molecule has 0 saturated heterocycles. The molecule has 20 heavy (non-hydrogen) atoms. The van der Waals surface area contributed by atoms with Crippen LogP contribution in [0.15, 0.2) is 53.7 Å². The zero-order valence-electron chi connectivity index (χ0n) is 11.4. The minimum absolute atomic E-state index is 0.0220. The minimum Gasteiger partial charge on any atom is -0.377 e. The van der Waals surface area contributed by atoms with Gasteiger partial charge in [0.15, 0.2) is 0 Å². The molecule has 2 aromatic rings. The Balaban J connectivity index is 2.23. The fraction of sp³-hybridized carbons (Fsp3) is 0.214. The summed E-state index contributed by atoms with van der Waals surface area (Å²) in [5.41, 5.74) is 1.78. The maximum absolute atomic E-state index is 11.8. The summed E-state index contributed by atoms with van der Waals surface area (Å²) in [7, 11) is -2.02. The molecule has 5 nitrogen and oxygen atoms in total. The average Bonchev–Trinajstić information content (AvgIpc) is 2.48. The van der Waals surface area contributed by atoms with Crippen molar-refractivity contribution in [1.29, 1.82) is 0 Å². The molecule has 0 spiro atoms. The van der Waals surface area contributed by atoms with E-state index in [1.165, 1.54) is 7.05 Å². The van der Waals surface area contributed by atoms with E-state index in [1.54, 1.807) is 30.6 Å². The van der Waals surface area contributed by atoms with E-state index in [0.29, 0.717) is 0 Å². The summed E-state index contributed by atoms with van der Waals surface area (Å²) in [6.45, 7) is 1.97. The zero-order chi connectivity index (χ0) is 14.6. The van der Waals surface area contributed by atoms with Crippen LogP contribution in [0.4, 0.5) is 5.69 Å². The van der Waals surface area contributed by atoms with Crippen molar-refractivity contribution in [3.63, 3.8) is 0 Å². The predicted octanol–water partition coefficient (Wildman–Crippen LogP) is 2.16. The normalized spacial score (nSPS) is 12.9. The van der Waals surface area contributed by atoms with Gasteiger partial charge in [-0.2, -0.15) is 0 Å². The summed E-state index contributed by atoms with van der Waals surface area (Å²) in [5.74, 6) is 0. The molecule has 0 unspecified atom stereocenters. The summed E-state index contributed by atoms with van der Waals surface area (Å²) in [5, 5.41) is 3.28. The van der Waals surface area contributed by atoms with Crippen LogP contribution in [0.2, 0.25) is 0 Å². The molecule has 106 valence electrons. The van der Waals surface area contributed by atoms with E-state index in [-0.39, 0.29) is 10.9 Å². The van der Waals surface area contributed by atoms with Crippen LogP contribution in [0.25, 0.3) is 0 Å². The van der Waals surface area contributed by atoms with Gasteiger partial charge in [0.1, 0.15) is 0 Å². The van der Waals surface area contributed by atoms with E-state index in [0.717, 1.165) is 11.3 Å². The third kappa shape index (κ3) is 3.34. The number of benzene rings is 1. The first-order valence-electron chi connectivity index (χ1n) is 6.23. The lowest BCUT2D eigenvalue weighted by Crippen LogP contribution is -2.19. The van der Waals surface area contributed by atoms with Crippen molar-refractivity contribution in [1.82, 2.24) is 9.71 Å².